The van der Waals surface area contributed by atoms with Crippen molar-refractivity contribution in [2.75, 3.05) is 19.0 Å². The summed E-state index contributed by atoms with van der Waals surface area (Å²) in [5.74, 6) is -0.816. The van der Waals surface area contributed by atoms with Crippen molar-refractivity contribution in [3.05, 3.63) is 12.2 Å². The summed E-state index contributed by atoms with van der Waals surface area (Å²) in [7, 11) is -4.38. The molecule has 0 amide bonds. The van der Waals surface area contributed by atoms with E-state index in [1.807, 2.05) is 0 Å². The van der Waals surface area contributed by atoms with Gasteiger partial charge in [0.05, 0.1) is 35.2 Å². The van der Waals surface area contributed by atoms with Gasteiger partial charge in [-0.3, -0.25) is 0 Å². The number of aliphatic hydroxyl groups is 1. The molecule has 0 aliphatic carbocycles. The van der Waals surface area contributed by atoms with E-state index in [1.165, 1.54) is 0 Å². The Hall–Kier alpha value is 0.530. The summed E-state index contributed by atoms with van der Waals surface area (Å²) >= 11 is 0. The van der Waals surface area contributed by atoms with Crippen LogP contribution in [-0.4, -0.2) is 48.6 Å². The molecule has 15 heavy (non-hydrogen) atoms. The minimum absolute atomic E-state index is 0. The van der Waals surface area contributed by atoms with Crippen LogP contribution in [0.15, 0.2) is 12.2 Å². The first-order valence-corrected chi connectivity index (χ1v) is 5.23. The Labute approximate surface area is 112 Å². The average molecular weight is 250 g/mol. The van der Waals surface area contributed by atoms with E-state index in [2.05, 4.69) is 6.58 Å². The molecule has 0 bridgehead atoms. The van der Waals surface area contributed by atoms with Crippen LogP contribution < -0.4 is 29.6 Å². The van der Waals surface area contributed by atoms with E-state index in [0.717, 1.165) is 5.57 Å². The maximum Gasteiger partial charge on any atom is 1.00 e. The SMILES string of the molecule is C=C(C)COCC(O)CS(=O)(=O)[O-].O.[Na+]. The Balaban J connectivity index is -0.000000720. The van der Waals surface area contributed by atoms with E-state index in [0.29, 0.717) is 0 Å². The van der Waals surface area contributed by atoms with E-state index < -0.39 is 22.0 Å². The third-order valence-corrected chi connectivity index (χ3v) is 1.85. The molecule has 8 heteroatoms. The largest absolute Gasteiger partial charge is 1.00 e. The fourth-order valence-corrected chi connectivity index (χ4v) is 1.22. The minimum Gasteiger partial charge on any atom is -0.748 e. The van der Waals surface area contributed by atoms with E-state index >= 15 is 0 Å². The van der Waals surface area contributed by atoms with Gasteiger partial charge in [0.25, 0.3) is 0 Å². The average Bonchev–Trinajstić information content (AvgIpc) is 1.81. The van der Waals surface area contributed by atoms with Crippen LogP contribution in [0.4, 0.5) is 0 Å². The zero-order valence-corrected chi connectivity index (χ0v) is 11.7. The summed E-state index contributed by atoms with van der Waals surface area (Å²) in [6.07, 6.45) is -1.26. The molecule has 0 heterocycles. The van der Waals surface area contributed by atoms with Gasteiger partial charge in [-0.05, 0) is 6.92 Å². The molecule has 0 aromatic carbocycles. The molecule has 0 aliphatic heterocycles. The summed E-state index contributed by atoms with van der Waals surface area (Å²) < 4.78 is 35.3. The van der Waals surface area contributed by atoms with Gasteiger partial charge in [-0.15, -0.1) is 0 Å². The first kappa shape index (κ1) is 20.9. The van der Waals surface area contributed by atoms with Gasteiger partial charge in [-0.2, -0.15) is 0 Å². The van der Waals surface area contributed by atoms with Crippen molar-refractivity contribution in [2.24, 2.45) is 0 Å². The first-order chi connectivity index (χ1) is 5.81. The summed E-state index contributed by atoms with van der Waals surface area (Å²) in [6, 6.07) is 0. The third-order valence-electron chi connectivity index (χ3n) is 1.06. The second-order valence-electron chi connectivity index (χ2n) is 2.85. The van der Waals surface area contributed by atoms with Crippen molar-refractivity contribution < 1.29 is 57.8 Å². The van der Waals surface area contributed by atoms with Crippen molar-refractivity contribution in [2.45, 2.75) is 13.0 Å². The molecule has 86 valence electrons. The maximum atomic E-state index is 10.2. The molecule has 0 saturated carbocycles. The van der Waals surface area contributed by atoms with Gasteiger partial charge in [0.15, 0.2) is 0 Å². The molecular formula is C7H15NaO6S. The molecule has 0 radical (unpaired) electrons. The quantitative estimate of drug-likeness (QED) is 0.290. The van der Waals surface area contributed by atoms with Crippen molar-refractivity contribution in [3.8, 4) is 0 Å². The zero-order valence-electron chi connectivity index (χ0n) is 8.89. The van der Waals surface area contributed by atoms with Gasteiger partial charge in [0, 0.05) is 0 Å². The number of rotatable bonds is 6. The molecule has 0 fully saturated rings. The van der Waals surface area contributed by atoms with E-state index in [9.17, 15) is 13.0 Å². The fourth-order valence-electron chi connectivity index (χ4n) is 0.653. The normalized spacial score (nSPS) is 12.2. The third kappa shape index (κ3) is 17.2. The molecule has 0 aromatic heterocycles. The Kier molecular flexibility index (Phi) is 13.6. The van der Waals surface area contributed by atoms with E-state index in [4.69, 9.17) is 9.84 Å². The number of hydrogen-bond donors (Lipinski definition) is 1. The standard InChI is InChI=1S/C7H14O5S.Na.H2O/c1-6(2)3-12-4-7(8)5-13(9,10)11;;/h7-8H,1,3-5H2,2H3,(H,9,10,11);;1H2/q;+1;/p-1. The van der Waals surface area contributed by atoms with Gasteiger partial charge < -0.3 is 19.9 Å². The summed E-state index contributed by atoms with van der Waals surface area (Å²) in [5, 5.41) is 8.96. The van der Waals surface area contributed by atoms with Crippen molar-refractivity contribution >= 4 is 10.1 Å². The molecule has 0 aromatic rings. The monoisotopic (exact) mass is 250 g/mol. The predicted octanol–water partition coefficient (Wildman–Crippen LogP) is -4.34. The van der Waals surface area contributed by atoms with Gasteiger partial charge in [0.2, 0.25) is 0 Å². The molecule has 1 unspecified atom stereocenters. The zero-order chi connectivity index (χ0) is 10.5. The Morgan fingerprint density at radius 2 is 2.07 bits per heavy atom. The molecule has 6 nitrogen and oxygen atoms in total. The smallest absolute Gasteiger partial charge is 0.748 e. The Morgan fingerprint density at radius 3 is 2.40 bits per heavy atom. The molecule has 1 atom stereocenters. The summed E-state index contributed by atoms with van der Waals surface area (Å²) in [4.78, 5) is 0. The Bertz CT molecular complexity index is 263. The van der Waals surface area contributed by atoms with Crippen LogP contribution in [0.3, 0.4) is 0 Å². The summed E-state index contributed by atoms with van der Waals surface area (Å²) in [5.41, 5.74) is 0.761. The molecule has 0 aliphatic rings. The van der Waals surface area contributed by atoms with Gasteiger partial charge >= 0.3 is 29.6 Å². The van der Waals surface area contributed by atoms with Crippen LogP contribution >= 0.6 is 0 Å². The molecular weight excluding hydrogens is 235 g/mol. The predicted molar refractivity (Wildman–Crippen MR) is 49.8 cm³/mol. The van der Waals surface area contributed by atoms with Crippen LogP contribution in [0.25, 0.3) is 0 Å². The fraction of sp³-hybridized carbons (Fsp3) is 0.714. The van der Waals surface area contributed by atoms with Crippen LogP contribution in [-0.2, 0) is 14.9 Å². The van der Waals surface area contributed by atoms with Crippen molar-refractivity contribution in [3.63, 3.8) is 0 Å². The van der Waals surface area contributed by atoms with Gasteiger partial charge in [-0.1, -0.05) is 12.2 Å². The number of hydrogen-bond acceptors (Lipinski definition) is 5. The number of aliphatic hydroxyl groups excluding tert-OH is 1. The van der Waals surface area contributed by atoms with Crippen molar-refractivity contribution in [1.82, 2.24) is 0 Å². The topological polar surface area (TPSA) is 118 Å². The second kappa shape index (κ2) is 9.73. The van der Waals surface area contributed by atoms with E-state index in [1.54, 1.807) is 6.92 Å². The van der Waals surface area contributed by atoms with Crippen LogP contribution in [0, 0.1) is 0 Å². The number of ether oxygens (including phenoxy) is 1. The van der Waals surface area contributed by atoms with E-state index in [-0.39, 0.29) is 48.2 Å². The second-order valence-corrected chi connectivity index (χ2v) is 4.30. The molecule has 3 N–H and O–H groups in total. The molecule has 0 rings (SSSR count). The van der Waals surface area contributed by atoms with Crippen molar-refractivity contribution in [1.29, 1.82) is 0 Å². The van der Waals surface area contributed by atoms with Gasteiger partial charge in [-0.25, -0.2) is 8.42 Å². The van der Waals surface area contributed by atoms with Crippen LogP contribution in [0.2, 0.25) is 0 Å². The summed E-state index contributed by atoms with van der Waals surface area (Å²) in [6.45, 7) is 5.35. The molecule has 0 spiro atoms. The Morgan fingerprint density at radius 1 is 1.60 bits per heavy atom. The molecule has 0 saturated heterocycles. The van der Waals surface area contributed by atoms with Gasteiger partial charge in [0.1, 0.15) is 0 Å². The minimum atomic E-state index is -4.38. The maximum absolute atomic E-state index is 10.2. The van der Waals surface area contributed by atoms with Crippen LogP contribution in [0.1, 0.15) is 6.92 Å². The van der Waals surface area contributed by atoms with Crippen LogP contribution in [0.5, 0.6) is 0 Å². The first-order valence-electron chi connectivity index (χ1n) is 3.65.